The number of ether oxygens (including phenoxy) is 1. The SMILES string of the molecule is COC1(Cc2cccc(C(=O)CN)c2)CC1. The molecule has 0 radical (unpaired) electrons. The lowest BCUT2D eigenvalue weighted by Crippen LogP contribution is -2.16. The second-order valence-corrected chi connectivity index (χ2v) is 4.39. The van der Waals surface area contributed by atoms with Crippen LogP contribution in [0.3, 0.4) is 0 Å². The predicted octanol–water partition coefficient (Wildman–Crippen LogP) is 1.55. The number of rotatable bonds is 5. The van der Waals surface area contributed by atoms with Gasteiger partial charge in [-0.1, -0.05) is 18.2 Å². The number of hydrogen-bond acceptors (Lipinski definition) is 3. The normalized spacial score (nSPS) is 17.1. The second-order valence-electron chi connectivity index (χ2n) is 4.39. The summed E-state index contributed by atoms with van der Waals surface area (Å²) in [5.74, 6) is -0.0101. The smallest absolute Gasteiger partial charge is 0.176 e. The van der Waals surface area contributed by atoms with Gasteiger partial charge in [0.05, 0.1) is 12.1 Å². The summed E-state index contributed by atoms with van der Waals surface area (Å²) in [4.78, 5) is 11.5. The third-order valence-electron chi connectivity index (χ3n) is 3.20. The summed E-state index contributed by atoms with van der Waals surface area (Å²) in [6, 6.07) is 7.68. The summed E-state index contributed by atoms with van der Waals surface area (Å²) in [6.07, 6.45) is 3.10. The van der Waals surface area contributed by atoms with Crippen molar-refractivity contribution in [3.63, 3.8) is 0 Å². The molecule has 0 saturated heterocycles. The Bertz CT molecular complexity index is 397. The van der Waals surface area contributed by atoms with Crippen LogP contribution in [-0.4, -0.2) is 25.0 Å². The highest BCUT2D eigenvalue weighted by Crippen LogP contribution is 2.41. The van der Waals surface area contributed by atoms with Gasteiger partial charge in [0.25, 0.3) is 0 Å². The van der Waals surface area contributed by atoms with E-state index >= 15 is 0 Å². The summed E-state index contributed by atoms with van der Waals surface area (Å²) < 4.78 is 5.47. The standard InChI is InChI=1S/C13H17NO2/c1-16-13(5-6-13)8-10-3-2-4-11(7-10)12(15)9-14/h2-4,7H,5-6,8-9,14H2,1H3. The summed E-state index contributed by atoms with van der Waals surface area (Å²) >= 11 is 0. The molecule has 0 aliphatic heterocycles. The highest BCUT2D eigenvalue weighted by Gasteiger charge is 2.42. The van der Waals surface area contributed by atoms with Gasteiger partial charge in [-0.3, -0.25) is 4.79 Å². The van der Waals surface area contributed by atoms with Gasteiger partial charge >= 0.3 is 0 Å². The minimum absolute atomic E-state index is 0.0101. The van der Waals surface area contributed by atoms with E-state index in [1.54, 1.807) is 7.11 Å². The fourth-order valence-electron chi connectivity index (χ4n) is 1.94. The monoisotopic (exact) mass is 219 g/mol. The van der Waals surface area contributed by atoms with Crippen molar-refractivity contribution in [2.45, 2.75) is 24.9 Å². The van der Waals surface area contributed by atoms with Crippen molar-refractivity contribution >= 4 is 5.78 Å². The van der Waals surface area contributed by atoms with Gasteiger partial charge in [-0.15, -0.1) is 0 Å². The molecule has 2 rings (SSSR count). The Labute approximate surface area is 95.6 Å². The molecular weight excluding hydrogens is 202 g/mol. The third kappa shape index (κ3) is 2.31. The summed E-state index contributed by atoms with van der Waals surface area (Å²) in [5.41, 5.74) is 7.23. The van der Waals surface area contributed by atoms with E-state index in [2.05, 4.69) is 0 Å². The minimum Gasteiger partial charge on any atom is -0.378 e. The largest absolute Gasteiger partial charge is 0.378 e. The number of ketones is 1. The van der Waals surface area contributed by atoms with Crippen molar-refractivity contribution < 1.29 is 9.53 Å². The Hall–Kier alpha value is -1.19. The molecule has 86 valence electrons. The van der Waals surface area contributed by atoms with E-state index < -0.39 is 0 Å². The number of benzene rings is 1. The molecule has 0 bridgehead atoms. The molecule has 1 aromatic carbocycles. The number of methoxy groups -OCH3 is 1. The molecule has 1 fully saturated rings. The quantitative estimate of drug-likeness (QED) is 0.764. The van der Waals surface area contributed by atoms with E-state index in [9.17, 15) is 4.79 Å². The highest BCUT2D eigenvalue weighted by molar-refractivity contribution is 5.97. The Kier molecular flexibility index (Phi) is 3.08. The van der Waals surface area contributed by atoms with Crippen molar-refractivity contribution in [2.24, 2.45) is 5.73 Å². The maximum atomic E-state index is 11.5. The molecule has 0 heterocycles. The molecule has 0 spiro atoms. The first-order valence-electron chi connectivity index (χ1n) is 5.56. The van der Waals surface area contributed by atoms with Crippen LogP contribution in [0.4, 0.5) is 0 Å². The molecule has 1 aliphatic rings. The van der Waals surface area contributed by atoms with Crippen molar-refractivity contribution in [1.82, 2.24) is 0 Å². The van der Waals surface area contributed by atoms with E-state index in [0.717, 1.165) is 24.8 Å². The number of Topliss-reactive ketones (excluding diaryl/α,β-unsaturated/α-hetero) is 1. The Morgan fingerprint density at radius 1 is 1.50 bits per heavy atom. The fraction of sp³-hybridized carbons (Fsp3) is 0.462. The zero-order valence-corrected chi connectivity index (χ0v) is 9.53. The van der Waals surface area contributed by atoms with Crippen LogP contribution < -0.4 is 5.73 Å². The van der Waals surface area contributed by atoms with E-state index in [1.807, 2.05) is 24.3 Å². The molecule has 16 heavy (non-hydrogen) atoms. The van der Waals surface area contributed by atoms with Gasteiger partial charge in [-0.05, 0) is 24.5 Å². The highest BCUT2D eigenvalue weighted by atomic mass is 16.5. The van der Waals surface area contributed by atoms with Gasteiger partial charge in [0.15, 0.2) is 5.78 Å². The zero-order valence-electron chi connectivity index (χ0n) is 9.53. The maximum absolute atomic E-state index is 11.5. The van der Waals surface area contributed by atoms with Crippen LogP contribution in [0.5, 0.6) is 0 Å². The first-order chi connectivity index (χ1) is 7.69. The molecule has 1 aromatic rings. The Balaban J connectivity index is 2.13. The summed E-state index contributed by atoms with van der Waals surface area (Å²) in [5, 5.41) is 0. The van der Waals surface area contributed by atoms with E-state index in [1.165, 1.54) is 0 Å². The molecule has 3 heteroatoms. The van der Waals surface area contributed by atoms with Gasteiger partial charge in [0.2, 0.25) is 0 Å². The average molecular weight is 219 g/mol. The van der Waals surface area contributed by atoms with Crippen molar-refractivity contribution in [3.05, 3.63) is 35.4 Å². The number of hydrogen-bond donors (Lipinski definition) is 1. The van der Waals surface area contributed by atoms with Gasteiger partial charge < -0.3 is 10.5 Å². The van der Waals surface area contributed by atoms with Crippen molar-refractivity contribution in [3.8, 4) is 0 Å². The van der Waals surface area contributed by atoms with E-state index in [0.29, 0.717) is 5.56 Å². The molecule has 2 N–H and O–H groups in total. The summed E-state index contributed by atoms with van der Waals surface area (Å²) in [7, 11) is 1.75. The predicted molar refractivity (Wildman–Crippen MR) is 62.5 cm³/mol. The number of carbonyl (C=O) groups is 1. The molecule has 0 unspecified atom stereocenters. The first kappa shape index (κ1) is 11.3. The van der Waals surface area contributed by atoms with Crippen LogP contribution in [0, 0.1) is 0 Å². The van der Waals surface area contributed by atoms with Crippen LogP contribution in [0.25, 0.3) is 0 Å². The van der Waals surface area contributed by atoms with Crippen LogP contribution >= 0.6 is 0 Å². The fourth-order valence-corrected chi connectivity index (χ4v) is 1.94. The number of nitrogens with two attached hydrogens (primary N) is 1. The number of carbonyl (C=O) groups excluding carboxylic acids is 1. The second kappa shape index (κ2) is 4.36. The minimum atomic E-state index is -0.0101. The van der Waals surface area contributed by atoms with E-state index in [-0.39, 0.29) is 17.9 Å². The lowest BCUT2D eigenvalue weighted by atomic mass is 10.0. The molecule has 0 aromatic heterocycles. The lowest BCUT2D eigenvalue weighted by molar-refractivity contribution is 0.0807. The summed E-state index contributed by atoms with van der Waals surface area (Å²) in [6.45, 7) is 0.0683. The van der Waals surface area contributed by atoms with E-state index in [4.69, 9.17) is 10.5 Å². The molecule has 1 aliphatic carbocycles. The van der Waals surface area contributed by atoms with Crippen LogP contribution in [0.15, 0.2) is 24.3 Å². The van der Waals surface area contributed by atoms with Crippen LogP contribution in [0.2, 0.25) is 0 Å². The molecular formula is C13H17NO2. The van der Waals surface area contributed by atoms with Crippen molar-refractivity contribution in [2.75, 3.05) is 13.7 Å². The van der Waals surface area contributed by atoms with Crippen LogP contribution in [-0.2, 0) is 11.2 Å². The molecule has 0 amide bonds. The van der Waals surface area contributed by atoms with Gasteiger partial charge in [-0.2, -0.15) is 0 Å². The topological polar surface area (TPSA) is 52.3 Å². The first-order valence-corrected chi connectivity index (χ1v) is 5.56. The van der Waals surface area contributed by atoms with Crippen molar-refractivity contribution in [1.29, 1.82) is 0 Å². The Morgan fingerprint density at radius 3 is 2.81 bits per heavy atom. The van der Waals surface area contributed by atoms with Gasteiger partial charge in [0, 0.05) is 19.1 Å². The average Bonchev–Trinajstić information content (AvgIpc) is 3.09. The van der Waals surface area contributed by atoms with Gasteiger partial charge in [0.1, 0.15) is 0 Å². The third-order valence-corrected chi connectivity index (χ3v) is 3.20. The molecule has 0 atom stereocenters. The Morgan fingerprint density at radius 2 is 2.25 bits per heavy atom. The molecule has 3 nitrogen and oxygen atoms in total. The maximum Gasteiger partial charge on any atom is 0.176 e. The lowest BCUT2D eigenvalue weighted by Gasteiger charge is -2.13. The molecule has 1 saturated carbocycles. The van der Waals surface area contributed by atoms with Crippen LogP contribution in [0.1, 0.15) is 28.8 Å². The zero-order chi connectivity index (χ0) is 11.6. The van der Waals surface area contributed by atoms with Gasteiger partial charge in [-0.25, -0.2) is 0 Å².